The first-order valence-electron chi connectivity index (χ1n) is 18.2. The number of aliphatic carboxylic acids is 2. The van der Waals surface area contributed by atoms with Crippen molar-refractivity contribution >= 4 is 11.9 Å². The van der Waals surface area contributed by atoms with Gasteiger partial charge in [-0.3, -0.25) is 9.59 Å². The molecule has 1 aromatic carbocycles. The van der Waals surface area contributed by atoms with E-state index < -0.39 is 50.3 Å². The molecular weight excluding hydrogens is 620 g/mol. The second-order valence-corrected chi connectivity index (χ2v) is 20.2. The summed E-state index contributed by atoms with van der Waals surface area (Å²) in [5.74, 6) is -1.99. The highest BCUT2D eigenvalue weighted by Crippen LogP contribution is 2.52. The Morgan fingerprint density at radius 3 is 1.33 bits per heavy atom. The van der Waals surface area contributed by atoms with Crippen molar-refractivity contribution in [1.82, 2.24) is 10.1 Å². The molecule has 2 aliphatic rings. The third-order valence-corrected chi connectivity index (χ3v) is 11.8. The number of hydrogen-bond acceptors (Lipinski definition) is 7. The lowest BCUT2D eigenvalue weighted by Crippen LogP contribution is -2.62. The number of carbonyl (C=O) groups is 2. The third-order valence-electron chi connectivity index (χ3n) is 11.8. The van der Waals surface area contributed by atoms with Gasteiger partial charge < -0.3 is 25.7 Å². The second kappa shape index (κ2) is 13.4. The van der Waals surface area contributed by atoms with Crippen molar-refractivity contribution in [2.45, 2.75) is 181 Å². The first-order valence-corrected chi connectivity index (χ1v) is 18.2. The van der Waals surface area contributed by atoms with Crippen LogP contribution in [0.2, 0.25) is 0 Å². The molecule has 2 heterocycles. The van der Waals surface area contributed by atoms with E-state index in [1.165, 1.54) is 10.1 Å². The van der Waals surface area contributed by atoms with Gasteiger partial charge in [0.25, 0.3) is 0 Å². The van der Waals surface area contributed by atoms with Crippen molar-refractivity contribution < 1.29 is 35.3 Å². The molecule has 9 nitrogen and oxygen atoms in total. The number of benzene rings is 1. The average Bonchev–Trinajstić information content (AvgIpc) is 2.90. The number of phenols is 1. The van der Waals surface area contributed by atoms with Crippen LogP contribution in [0.15, 0.2) is 12.1 Å². The fourth-order valence-corrected chi connectivity index (χ4v) is 9.63. The largest absolute Gasteiger partial charge is 0.507 e. The topological polar surface area (TPSA) is 142 Å². The number of hydroxylamine groups is 4. The van der Waals surface area contributed by atoms with Gasteiger partial charge in [0.1, 0.15) is 5.75 Å². The number of phenolic OH excluding ortho intramolecular Hbond substituents is 1. The van der Waals surface area contributed by atoms with E-state index in [1.54, 1.807) is 12.1 Å². The van der Waals surface area contributed by atoms with Crippen molar-refractivity contribution in [3.05, 3.63) is 28.8 Å². The van der Waals surface area contributed by atoms with Crippen molar-refractivity contribution in [1.29, 1.82) is 0 Å². The predicted octanol–water partition coefficient (Wildman–Crippen LogP) is 8.79. The molecule has 9 heteroatoms. The molecule has 2 fully saturated rings. The molecule has 5 N–H and O–H groups in total. The summed E-state index contributed by atoms with van der Waals surface area (Å²) in [6.07, 6.45) is 3.81. The highest BCUT2D eigenvalue weighted by molar-refractivity contribution is 5.98. The number of carboxylic acid groups (broad SMARTS) is 2. The van der Waals surface area contributed by atoms with Gasteiger partial charge in [-0.2, -0.15) is 10.1 Å². The summed E-state index contributed by atoms with van der Waals surface area (Å²) in [5.41, 5.74) is -2.93. The summed E-state index contributed by atoms with van der Waals surface area (Å²) in [4.78, 5) is 26.2. The van der Waals surface area contributed by atoms with Crippen molar-refractivity contribution in [2.75, 3.05) is 0 Å². The summed E-state index contributed by atoms with van der Waals surface area (Å²) < 4.78 is 0. The molecule has 0 bridgehead atoms. The number of hydrogen-bond donors (Lipinski definition) is 5. The van der Waals surface area contributed by atoms with E-state index in [-0.39, 0.29) is 36.3 Å². The average molecular weight is 689 g/mol. The van der Waals surface area contributed by atoms with E-state index in [4.69, 9.17) is 0 Å². The van der Waals surface area contributed by atoms with Gasteiger partial charge >= 0.3 is 11.9 Å². The summed E-state index contributed by atoms with van der Waals surface area (Å²) in [6.45, 7) is 28.3. The molecular formula is C40H68N2O7. The molecule has 0 radical (unpaired) electrons. The molecule has 0 unspecified atom stereocenters. The Morgan fingerprint density at radius 2 is 1.04 bits per heavy atom. The minimum atomic E-state index is -2.05. The highest BCUT2D eigenvalue weighted by Gasteiger charge is 2.53. The minimum absolute atomic E-state index is 0.0397. The number of piperidine rings is 2. The normalized spacial score (nSPS) is 22.4. The zero-order valence-electron chi connectivity index (χ0n) is 33.0. The lowest BCUT2D eigenvalue weighted by molar-refractivity contribution is -0.267. The van der Waals surface area contributed by atoms with Gasteiger partial charge in [-0.25, -0.2) is 0 Å². The van der Waals surface area contributed by atoms with Crippen LogP contribution in [-0.4, -0.2) is 70.0 Å². The summed E-state index contributed by atoms with van der Waals surface area (Å²) in [6, 6.07) is 3.57. The number of nitrogens with zero attached hydrogens (tertiary/aromatic N) is 2. The van der Waals surface area contributed by atoms with Gasteiger partial charge in [-0.05, 0) is 146 Å². The second-order valence-electron chi connectivity index (χ2n) is 20.2. The molecule has 0 aromatic heterocycles. The maximum atomic E-state index is 13.1. The third kappa shape index (κ3) is 8.48. The van der Waals surface area contributed by atoms with Gasteiger partial charge in [0.15, 0.2) is 5.41 Å². The number of rotatable bonds is 10. The lowest BCUT2D eigenvalue weighted by atomic mass is 9.60. The Hall–Kier alpha value is -2.20. The van der Waals surface area contributed by atoms with Gasteiger partial charge in [0, 0.05) is 22.2 Å². The first-order chi connectivity index (χ1) is 21.9. The smallest absolute Gasteiger partial charge is 0.321 e. The summed E-state index contributed by atoms with van der Waals surface area (Å²) >= 11 is 0. The fourth-order valence-electron chi connectivity index (χ4n) is 9.63. The standard InChI is InChI=1S/C40H68N2O7/c1-34(2,3)29-18-25(19-30(31(29)43)35(4,5)6)20-40(32(44)45,33(46)47)17-15-16-28(26-21-36(7,8)41(48)37(9,10)22-26)27-23-38(11,12)42(49)39(13,14)24-27/h18-19,26-28,43,48-49H,15-17,20-24H2,1-14H3,(H,44,45)(H,46,47). The van der Waals surface area contributed by atoms with E-state index in [0.717, 1.165) is 25.7 Å². The van der Waals surface area contributed by atoms with Crippen LogP contribution in [0.4, 0.5) is 0 Å². The zero-order valence-corrected chi connectivity index (χ0v) is 33.0. The maximum absolute atomic E-state index is 13.1. The molecule has 2 saturated heterocycles. The van der Waals surface area contributed by atoms with Gasteiger partial charge in [-0.15, -0.1) is 0 Å². The van der Waals surface area contributed by atoms with Crippen LogP contribution < -0.4 is 0 Å². The van der Waals surface area contributed by atoms with Crippen LogP contribution in [0.25, 0.3) is 0 Å². The van der Waals surface area contributed by atoms with Gasteiger partial charge in [-0.1, -0.05) is 60.1 Å². The fraction of sp³-hybridized carbons (Fsp3) is 0.800. The van der Waals surface area contributed by atoms with Crippen molar-refractivity contribution in [2.24, 2.45) is 23.2 Å². The first kappa shape index (κ1) is 41.2. The van der Waals surface area contributed by atoms with Crippen LogP contribution >= 0.6 is 0 Å². The van der Waals surface area contributed by atoms with Crippen molar-refractivity contribution in [3.63, 3.8) is 0 Å². The molecule has 49 heavy (non-hydrogen) atoms. The molecule has 0 saturated carbocycles. The van der Waals surface area contributed by atoms with E-state index in [1.807, 2.05) is 41.5 Å². The highest BCUT2D eigenvalue weighted by atomic mass is 16.5. The summed E-state index contributed by atoms with van der Waals surface area (Å²) in [5, 5.41) is 57.8. The maximum Gasteiger partial charge on any atom is 0.321 e. The van der Waals surface area contributed by atoms with Crippen LogP contribution in [0.3, 0.4) is 0 Å². The van der Waals surface area contributed by atoms with Crippen LogP contribution in [0, 0.1) is 23.2 Å². The van der Waals surface area contributed by atoms with E-state index in [9.17, 15) is 35.3 Å². The monoisotopic (exact) mass is 689 g/mol. The van der Waals surface area contributed by atoms with E-state index >= 15 is 0 Å². The quantitative estimate of drug-likeness (QED) is 0.153. The molecule has 0 aliphatic carbocycles. The summed E-state index contributed by atoms with van der Waals surface area (Å²) in [7, 11) is 0. The zero-order chi connectivity index (χ0) is 37.9. The molecule has 0 spiro atoms. The Labute approximate surface area is 296 Å². The van der Waals surface area contributed by atoms with Gasteiger partial charge in [0.05, 0.1) is 0 Å². The Balaban J connectivity index is 2.05. The Kier molecular flexibility index (Phi) is 11.3. The molecule has 0 atom stereocenters. The van der Waals surface area contributed by atoms with Crippen LogP contribution in [0.5, 0.6) is 5.75 Å². The molecule has 1 aromatic rings. The molecule has 0 amide bonds. The molecule has 2 aliphatic heterocycles. The van der Waals surface area contributed by atoms with Crippen LogP contribution in [-0.2, 0) is 26.8 Å². The van der Waals surface area contributed by atoms with Crippen LogP contribution in [0.1, 0.15) is 159 Å². The lowest BCUT2D eigenvalue weighted by Gasteiger charge is -2.57. The predicted molar refractivity (Wildman–Crippen MR) is 193 cm³/mol. The Morgan fingerprint density at radius 1 is 0.714 bits per heavy atom. The number of carboxylic acids is 2. The molecule has 3 rings (SSSR count). The minimum Gasteiger partial charge on any atom is -0.507 e. The van der Waals surface area contributed by atoms with E-state index in [2.05, 4.69) is 55.4 Å². The number of aromatic hydroxyl groups is 1. The SMILES string of the molecule is CC(C)(C)c1cc(CC(CCCC(C2CC(C)(C)N(O)C(C)(C)C2)C2CC(C)(C)N(O)C(C)(C)C2)(C(=O)O)C(=O)O)cc(C(C)(C)C)c1O. The van der Waals surface area contributed by atoms with Gasteiger partial charge in [0.2, 0.25) is 0 Å². The Bertz CT molecular complexity index is 1250. The molecule has 280 valence electrons. The van der Waals surface area contributed by atoms with Crippen molar-refractivity contribution in [3.8, 4) is 5.75 Å². The van der Waals surface area contributed by atoms with E-state index in [0.29, 0.717) is 29.5 Å².